The van der Waals surface area contributed by atoms with Crippen LogP contribution in [0.4, 0.5) is 0 Å². The van der Waals surface area contributed by atoms with Crippen LogP contribution in [0.1, 0.15) is 36.8 Å². The third kappa shape index (κ3) is 1.45. The van der Waals surface area contributed by atoms with Crippen LogP contribution >= 0.6 is 0 Å². The number of allylic oxidation sites excluding steroid dienone is 1. The molecule has 0 bridgehead atoms. The largest absolute Gasteiger partial charge is 0.497 e. The highest BCUT2D eigenvalue weighted by molar-refractivity contribution is 5.53. The van der Waals surface area contributed by atoms with Crippen molar-refractivity contribution in [2.75, 3.05) is 7.11 Å². The maximum Gasteiger partial charge on any atom is 0.194 e. The molecule has 1 aromatic carbocycles. The lowest BCUT2D eigenvalue weighted by Gasteiger charge is -2.39. The van der Waals surface area contributed by atoms with Crippen molar-refractivity contribution in [2.24, 2.45) is 4.99 Å². The number of hydrogen-bond donors (Lipinski definition) is 1. The quantitative estimate of drug-likeness (QED) is 0.813. The van der Waals surface area contributed by atoms with Crippen LogP contribution in [0.25, 0.3) is 0 Å². The molecular formula is C16H19N2O+. The Kier molecular flexibility index (Phi) is 2.33. The van der Waals surface area contributed by atoms with E-state index in [1.54, 1.807) is 7.11 Å². The zero-order chi connectivity index (χ0) is 12.9. The molecule has 1 saturated heterocycles. The lowest BCUT2D eigenvalue weighted by atomic mass is 9.81. The van der Waals surface area contributed by atoms with Crippen LogP contribution in [0.15, 0.2) is 35.1 Å². The predicted octanol–water partition coefficient (Wildman–Crippen LogP) is 1.79. The van der Waals surface area contributed by atoms with E-state index in [-0.39, 0.29) is 5.54 Å². The second-order valence-electron chi connectivity index (χ2n) is 5.80. The summed E-state index contributed by atoms with van der Waals surface area (Å²) in [6.45, 7) is 0. The van der Waals surface area contributed by atoms with Gasteiger partial charge in [-0.15, -0.1) is 0 Å². The van der Waals surface area contributed by atoms with Crippen molar-refractivity contribution in [1.29, 1.82) is 0 Å². The molecule has 1 fully saturated rings. The van der Waals surface area contributed by atoms with Crippen LogP contribution < -0.4 is 9.64 Å². The molecule has 4 rings (SSSR count). The smallest absolute Gasteiger partial charge is 0.194 e. The van der Waals surface area contributed by atoms with Crippen LogP contribution in [-0.2, 0) is 12.0 Å². The van der Waals surface area contributed by atoms with Gasteiger partial charge in [0.2, 0.25) is 0 Å². The molecule has 2 unspecified atom stereocenters. The Morgan fingerprint density at radius 3 is 3.11 bits per heavy atom. The SMILES string of the molecule is COc1ccc2c(c1)CCC21CCCC2=CN=C[NH+]21. The van der Waals surface area contributed by atoms with Gasteiger partial charge >= 0.3 is 0 Å². The normalized spacial score (nSPS) is 31.2. The number of hydrogen-bond acceptors (Lipinski definition) is 2. The van der Waals surface area contributed by atoms with Crippen LogP contribution in [0.3, 0.4) is 0 Å². The number of benzene rings is 1. The molecule has 3 aliphatic rings. The van der Waals surface area contributed by atoms with Crippen molar-refractivity contribution in [3.8, 4) is 5.75 Å². The predicted molar refractivity (Wildman–Crippen MR) is 74.4 cm³/mol. The summed E-state index contributed by atoms with van der Waals surface area (Å²) in [7, 11) is 1.74. The van der Waals surface area contributed by atoms with Crippen LogP contribution in [0, 0.1) is 0 Å². The summed E-state index contributed by atoms with van der Waals surface area (Å²) in [5.41, 5.74) is 4.69. The summed E-state index contributed by atoms with van der Waals surface area (Å²) < 4.78 is 5.36. The van der Waals surface area contributed by atoms with Gasteiger partial charge in [0, 0.05) is 24.8 Å². The molecule has 0 saturated carbocycles. The Morgan fingerprint density at radius 2 is 2.21 bits per heavy atom. The fourth-order valence-electron chi connectivity index (χ4n) is 4.09. The van der Waals surface area contributed by atoms with Crippen molar-refractivity contribution in [3.05, 3.63) is 41.2 Å². The first-order valence-corrected chi connectivity index (χ1v) is 7.11. The number of quaternary nitrogens is 1. The molecule has 19 heavy (non-hydrogen) atoms. The molecule has 0 aromatic heterocycles. The Hall–Kier alpha value is -1.61. The number of rotatable bonds is 1. The molecule has 3 nitrogen and oxygen atoms in total. The Labute approximate surface area is 113 Å². The minimum atomic E-state index is 0.242. The van der Waals surface area contributed by atoms with E-state index in [9.17, 15) is 0 Å². The molecule has 2 aliphatic heterocycles. The third-order valence-electron chi connectivity index (χ3n) is 4.99. The minimum absolute atomic E-state index is 0.242. The van der Waals surface area contributed by atoms with Gasteiger partial charge in [0.05, 0.1) is 13.3 Å². The van der Waals surface area contributed by atoms with E-state index in [0.717, 1.165) is 12.2 Å². The molecule has 2 atom stereocenters. The number of nitrogens with zero attached hydrogens (tertiary/aromatic N) is 1. The number of nitrogens with one attached hydrogen (secondary N) is 1. The summed E-state index contributed by atoms with van der Waals surface area (Å²) >= 11 is 0. The lowest BCUT2D eigenvalue weighted by molar-refractivity contribution is -0.834. The molecule has 1 spiro atoms. The van der Waals surface area contributed by atoms with E-state index in [1.807, 2.05) is 0 Å². The Balaban J connectivity index is 1.82. The maximum atomic E-state index is 5.36. The second-order valence-corrected chi connectivity index (χ2v) is 5.80. The summed E-state index contributed by atoms with van der Waals surface area (Å²) in [4.78, 5) is 5.89. The van der Waals surface area contributed by atoms with E-state index in [1.165, 1.54) is 47.4 Å². The van der Waals surface area contributed by atoms with E-state index >= 15 is 0 Å². The first kappa shape index (κ1) is 11.2. The van der Waals surface area contributed by atoms with Gasteiger partial charge in [-0.1, -0.05) is 0 Å². The molecule has 98 valence electrons. The first-order valence-electron chi connectivity index (χ1n) is 7.11. The van der Waals surface area contributed by atoms with E-state index in [2.05, 4.69) is 35.7 Å². The van der Waals surface area contributed by atoms with Gasteiger partial charge in [0.25, 0.3) is 0 Å². The third-order valence-corrected chi connectivity index (χ3v) is 4.99. The molecule has 0 radical (unpaired) electrons. The summed E-state index contributed by atoms with van der Waals surface area (Å²) in [5.74, 6) is 0.979. The van der Waals surface area contributed by atoms with E-state index < -0.39 is 0 Å². The van der Waals surface area contributed by atoms with Crippen LogP contribution in [0.5, 0.6) is 5.75 Å². The standard InChI is InChI=1S/C16H18N2O/c1-19-14-4-5-15-12(9-14)6-8-16(15)7-2-3-13-10-17-11-18(13)16/h4-5,9-11H,2-3,6-8H2,1H3/p+1. The topological polar surface area (TPSA) is 26.0 Å². The van der Waals surface area contributed by atoms with Gasteiger partial charge in [-0.25, -0.2) is 4.99 Å². The van der Waals surface area contributed by atoms with Gasteiger partial charge in [-0.2, -0.15) is 0 Å². The summed E-state index contributed by atoms with van der Waals surface area (Å²) in [5, 5.41) is 0. The minimum Gasteiger partial charge on any atom is -0.497 e. The highest BCUT2D eigenvalue weighted by Crippen LogP contribution is 2.42. The highest BCUT2D eigenvalue weighted by Gasteiger charge is 2.51. The number of fused-ring (bicyclic) bond motifs is 4. The van der Waals surface area contributed by atoms with E-state index in [4.69, 9.17) is 4.74 Å². The van der Waals surface area contributed by atoms with Crippen molar-refractivity contribution in [3.63, 3.8) is 0 Å². The first-order chi connectivity index (χ1) is 9.33. The summed E-state index contributed by atoms with van der Waals surface area (Å²) in [6, 6.07) is 6.61. The zero-order valence-corrected chi connectivity index (χ0v) is 11.3. The molecule has 2 heterocycles. The number of methoxy groups -OCH3 is 1. The second kappa shape index (κ2) is 3.94. The van der Waals surface area contributed by atoms with Gasteiger partial charge in [0.15, 0.2) is 6.34 Å². The maximum absolute atomic E-state index is 5.36. The Bertz CT molecular complexity index is 590. The van der Waals surface area contributed by atoms with Gasteiger partial charge < -0.3 is 4.74 Å². The fraction of sp³-hybridized carbons (Fsp3) is 0.438. The fourth-order valence-corrected chi connectivity index (χ4v) is 4.09. The van der Waals surface area contributed by atoms with Gasteiger partial charge in [-0.3, -0.25) is 4.90 Å². The number of aryl methyl sites for hydroxylation is 1. The number of piperidine rings is 1. The molecule has 3 heteroatoms. The molecule has 1 aliphatic carbocycles. The van der Waals surface area contributed by atoms with Gasteiger partial charge in [0.1, 0.15) is 17.0 Å². The van der Waals surface area contributed by atoms with Crippen LogP contribution in [-0.4, -0.2) is 13.4 Å². The monoisotopic (exact) mass is 255 g/mol. The molecule has 0 amide bonds. The average molecular weight is 255 g/mol. The Morgan fingerprint density at radius 1 is 1.26 bits per heavy atom. The molecule has 1 N–H and O–H groups in total. The van der Waals surface area contributed by atoms with Crippen molar-refractivity contribution in [1.82, 2.24) is 0 Å². The number of ether oxygens (including phenoxy) is 1. The van der Waals surface area contributed by atoms with Gasteiger partial charge in [-0.05, 0) is 36.6 Å². The highest BCUT2D eigenvalue weighted by atomic mass is 16.5. The summed E-state index contributed by atoms with van der Waals surface area (Å²) in [6.07, 6.45) is 10.3. The van der Waals surface area contributed by atoms with Crippen molar-refractivity contribution in [2.45, 2.75) is 37.6 Å². The lowest BCUT2D eigenvalue weighted by Crippen LogP contribution is -3.16. The number of aliphatic imine (C=N–C) groups is 1. The molecule has 1 aromatic rings. The van der Waals surface area contributed by atoms with Crippen molar-refractivity contribution >= 4 is 6.34 Å². The van der Waals surface area contributed by atoms with Crippen LogP contribution in [0.2, 0.25) is 0 Å². The zero-order valence-electron chi connectivity index (χ0n) is 11.3. The average Bonchev–Trinajstić information content (AvgIpc) is 3.05. The van der Waals surface area contributed by atoms with E-state index in [0.29, 0.717) is 0 Å². The molecular weight excluding hydrogens is 236 g/mol. The van der Waals surface area contributed by atoms with Crippen molar-refractivity contribution < 1.29 is 9.64 Å².